The molecule has 0 bridgehead atoms. The zero-order chi connectivity index (χ0) is 12.7. The molecule has 5 nitrogen and oxygen atoms in total. The maximum absolute atomic E-state index is 10.9. The lowest BCUT2D eigenvalue weighted by atomic mass is 10.1. The van der Waals surface area contributed by atoms with Gasteiger partial charge in [-0.25, -0.2) is 0 Å². The lowest BCUT2D eigenvalue weighted by Gasteiger charge is -2.01. The minimum Gasteiger partial charge on any atom is -0.300 e. The zero-order valence-corrected chi connectivity index (χ0v) is 9.98. The highest BCUT2D eigenvalue weighted by Gasteiger charge is 2.18. The molecule has 0 aliphatic carbocycles. The van der Waals surface area contributed by atoms with E-state index in [0.717, 1.165) is 0 Å². The summed E-state index contributed by atoms with van der Waals surface area (Å²) in [4.78, 5) is 24.9. The Balaban J connectivity index is 0.00000106. The normalized spacial score (nSPS) is 9.00. The molecule has 88 valence electrons. The molecule has 1 aromatic heterocycles. The Kier molecular flexibility index (Phi) is 5.92. The molecule has 1 aromatic rings. The first kappa shape index (κ1) is 14.2. The van der Waals surface area contributed by atoms with Gasteiger partial charge in [-0.3, -0.25) is 19.9 Å². The fraction of sp³-hybridized carbons (Fsp3) is 0.455. The highest BCUT2D eigenvalue weighted by atomic mass is 16.6. The van der Waals surface area contributed by atoms with Crippen LogP contribution in [0, 0.1) is 17.0 Å². The van der Waals surface area contributed by atoms with Crippen LogP contribution in [0.1, 0.15) is 32.0 Å². The van der Waals surface area contributed by atoms with Crippen LogP contribution in [0.25, 0.3) is 0 Å². The van der Waals surface area contributed by atoms with Gasteiger partial charge in [0.15, 0.2) is 0 Å². The molecule has 0 amide bonds. The van der Waals surface area contributed by atoms with Gasteiger partial charge in [0.25, 0.3) is 5.69 Å². The first-order valence-corrected chi connectivity index (χ1v) is 5.10. The summed E-state index contributed by atoms with van der Waals surface area (Å²) in [6, 6.07) is 1.51. The van der Waals surface area contributed by atoms with Gasteiger partial charge in [0.2, 0.25) is 0 Å². The fourth-order valence-corrected chi connectivity index (χ4v) is 1.27. The first-order valence-electron chi connectivity index (χ1n) is 5.10. The van der Waals surface area contributed by atoms with Crippen LogP contribution in [0.15, 0.2) is 12.3 Å². The van der Waals surface area contributed by atoms with E-state index in [1.54, 1.807) is 6.92 Å². The summed E-state index contributed by atoms with van der Waals surface area (Å²) in [7, 11) is 0. The Hall–Kier alpha value is -1.78. The molecular formula is C11H16N2O3. The van der Waals surface area contributed by atoms with Gasteiger partial charge in [0.1, 0.15) is 11.5 Å². The molecule has 0 radical (unpaired) electrons. The van der Waals surface area contributed by atoms with E-state index in [1.165, 1.54) is 19.2 Å². The lowest BCUT2D eigenvalue weighted by molar-refractivity contribution is -0.386. The molecule has 0 aliphatic rings. The molecule has 1 heterocycles. The molecular weight excluding hydrogens is 208 g/mol. The van der Waals surface area contributed by atoms with Crippen LogP contribution < -0.4 is 0 Å². The summed E-state index contributed by atoms with van der Waals surface area (Å²) in [6.07, 6.45) is 1.56. The molecule has 0 fully saturated rings. The number of ketones is 1. The maximum atomic E-state index is 10.9. The maximum Gasteiger partial charge on any atom is 0.294 e. The van der Waals surface area contributed by atoms with Gasteiger partial charge in [0, 0.05) is 18.2 Å². The molecule has 0 unspecified atom stereocenters. The van der Waals surface area contributed by atoms with Crippen LogP contribution in [0.2, 0.25) is 0 Å². The predicted octanol–water partition coefficient (Wildman–Crippen LogP) is 2.46. The lowest BCUT2D eigenvalue weighted by Crippen LogP contribution is -2.04. The summed E-state index contributed by atoms with van der Waals surface area (Å²) in [5.41, 5.74) is 0.714. The molecule has 16 heavy (non-hydrogen) atoms. The summed E-state index contributed by atoms with van der Waals surface area (Å²) in [5, 5.41) is 10.7. The van der Waals surface area contributed by atoms with E-state index < -0.39 is 4.92 Å². The largest absolute Gasteiger partial charge is 0.300 e. The molecule has 0 atom stereocenters. The molecule has 5 heteroatoms. The van der Waals surface area contributed by atoms with Crippen LogP contribution in [0.5, 0.6) is 0 Å². The number of aromatic nitrogens is 1. The summed E-state index contributed by atoms with van der Waals surface area (Å²) in [6.45, 7) is 6.96. The van der Waals surface area contributed by atoms with Crippen LogP contribution in [0.4, 0.5) is 5.69 Å². The van der Waals surface area contributed by atoms with Gasteiger partial charge in [-0.1, -0.05) is 13.8 Å². The number of nitrogens with zero attached hydrogens (tertiary/aromatic N) is 2. The minimum absolute atomic E-state index is 0.0531. The highest BCUT2D eigenvalue weighted by Crippen LogP contribution is 2.21. The van der Waals surface area contributed by atoms with Crippen molar-refractivity contribution < 1.29 is 9.72 Å². The van der Waals surface area contributed by atoms with Crippen LogP contribution in [-0.2, 0) is 11.2 Å². The van der Waals surface area contributed by atoms with E-state index in [0.29, 0.717) is 11.3 Å². The number of hydrogen-bond acceptors (Lipinski definition) is 4. The number of carbonyl (C=O) groups excluding carboxylic acids is 1. The van der Waals surface area contributed by atoms with Gasteiger partial charge in [-0.15, -0.1) is 0 Å². The van der Waals surface area contributed by atoms with Crippen molar-refractivity contribution in [1.29, 1.82) is 0 Å². The quantitative estimate of drug-likeness (QED) is 0.584. The second-order valence-electron chi connectivity index (χ2n) is 3.04. The Morgan fingerprint density at radius 2 is 2.06 bits per heavy atom. The van der Waals surface area contributed by atoms with Crippen LogP contribution >= 0.6 is 0 Å². The standard InChI is InChI=1S/C9H10N2O3.C2H6/c1-6(12)5-8-3-4-10-7(2)9(8)11(13)14;1-2/h3-4H,5H2,1-2H3;1-2H3. The van der Waals surface area contributed by atoms with E-state index >= 15 is 0 Å². The number of rotatable bonds is 3. The van der Waals surface area contributed by atoms with Crippen molar-refractivity contribution in [3.05, 3.63) is 33.6 Å². The van der Waals surface area contributed by atoms with Crippen LogP contribution in [0.3, 0.4) is 0 Å². The molecule has 0 aromatic carbocycles. The number of pyridine rings is 1. The molecule has 1 rings (SSSR count). The van der Waals surface area contributed by atoms with E-state index in [9.17, 15) is 14.9 Å². The van der Waals surface area contributed by atoms with Gasteiger partial charge in [-0.2, -0.15) is 0 Å². The van der Waals surface area contributed by atoms with Gasteiger partial charge in [-0.05, 0) is 19.9 Å². The monoisotopic (exact) mass is 224 g/mol. The van der Waals surface area contributed by atoms with Gasteiger partial charge in [0.05, 0.1) is 4.92 Å². The molecule has 0 aliphatic heterocycles. The minimum atomic E-state index is -0.499. The van der Waals surface area contributed by atoms with Crippen molar-refractivity contribution in [3.8, 4) is 0 Å². The van der Waals surface area contributed by atoms with Crippen molar-refractivity contribution in [3.63, 3.8) is 0 Å². The number of Topliss-reactive ketones (excluding diaryl/α,β-unsaturated/α-hetero) is 1. The number of nitro groups is 1. The Labute approximate surface area is 94.7 Å². The van der Waals surface area contributed by atoms with Crippen LogP contribution in [-0.4, -0.2) is 15.7 Å². The molecule has 0 N–H and O–H groups in total. The van der Waals surface area contributed by atoms with Crippen molar-refractivity contribution in [1.82, 2.24) is 4.98 Å². The summed E-state index contributed by atoms with van der Waals surface area (Å²) in [5.74, 6) is -0.0984. The van der Waals surface area contributed by atoms with Gasteiger partial charge >= 0.3 is 0 Å². The fourth-order valence-electron chi connectivity index (χ4n) is 1.27. The van der Waals surface area contributed by atoms with E-state index in [-0.39, 0.29) is 17.9 Å². The first-order chi connectivity index (χ1) is 7.52. The van der Waals surface area contributed by atoms with Crippen molar-refractivity contribution in [2.24, 2.45) is 0 Å². The SMILES string of the molecule is CC.CC(=O)Cc1ccnc(C)c1[N+](=O)[O-]. The zero-order valence-electron chi connectivity index (χ0n) is 9.98. The number of carbonyl (C=O) groups is 1. The molecule has 0 saturated heterocycles. The smallest absolute Gasteiger partial charge is 0.294 e. The average molecular weight is 224 g/mol. The highest BCUT2D eigenvalue weighted by molar-refractivity contribution is 5.79. The van der Waals surface area contributed by atoms with Crippen molar-refractivity contribution in [2.75, 3.05) is 0 Å². The van der Waals surface area contributed by atoms with Crippen molar-refractivity contribution in [2.45, 2.75) is 34.1 Å². The van der Waals surface area contributed by atoms with Crippen molar-refractivity contribution >= 4 is 11.5 Å². The summed E-state index contributed by atoms with van der Waals surface area (Å²) < 4.78 is 0. The second-order valence-corrected chi connectivity index (χ2v) is 3.04. The van der Waals surface area contributed by atoms with E-state index in [2.05, 4.69) is 4.98 Å². The molecule has 0 spiro atoms. The average Bonchev–Trinajstić information content (AvgIpc) is 2.19. The number of aryl methyl sites for hydroxylation is 1. The predicted molar refractivity (Wildman–Crippen MR) is 61.4 cm³/mol. The Bertz CT molecular complexity index is 389. The second kappa shape index (κ2) is 6.66. The third-order valence-corrected chi connectivity index (χ3v) is 1.81. The topological polar surface area (TPSA) is 73.1 Å². The Morgan fingerprint density at radius 1 is 1.50 bits per heavy atom. The van der Waals surface area contributed by atoms with E-state index in [1.807, 2.05) is 13.8 Å². The third-order valence-electron chi connectivity index (χ3n) is 1.81. The Morgan fingerprint density at radius 3 is 2.50 bits per heavy atom. The number of hydrogen-bond donors (Lipinski definition) is 0. The van der Waals surface area contributed by atoms with Gasteiger partial charge < -0.3 is 0 Å². The summed E-state index contributed by atoms with van der Waals surface area (Å²) >= 11 is 0. The third kappa shape index (κ3) is 3.76. The molecule has 0 saturated carbocycles. The van der Waals surface area contributed by atoms with E-state index in [4.69, 9.17) is 0 Å².